The molecule has 0 aliphatic rings. The predicted octanol–water partition coefficient (Wildman–Crippen LogP) is 4.52. The Morgan fingerprint density at radius 3 is 2.23 bits per heavy atom. The minimum absolute atomic E-state index is 0.243. The third kappa shape index (κ3) is 5.38. The van der Waals surface area contributed by atoms with Crippen molar-refractivity contribution >= 4 is 11.9 Å². The van der Waals surface area contributed by atoms with E-state index in [1.54, 1.807) is 43.5 Å². The normalized spacial score (nSPS) is 11.3. The molecule has 1 unspecified atom stereocenters. The lowest BCUT2D eigenvalue weighted by atomic mass is 10.1. The third-order valence-corrected chi connectivity index (χ3v) is 4.40. The molecule has 1 N–H and O–H groups in total. The highest BCUT2D eigenvalue weighted by Gasteiger charge is 2.18. The SMILES string of the molecule is COc1ccccc1C(C)NC(=O)COC(=O)c1ccccc1Oc1ccccc1. The molecule has 6 heteroatoms. The zero-order valence-corrected chi connectivity index (χ0v) is 16.8. The van der Waals surface area contributed by atoms with Gasteiger partial charge in [0.05, 0.1) is 13.2 Å². The maximum absolute atomic E-state index is 12.5. The van der Waals surface area contributed by atoms with Crippen molar-refractivity contribution < 1.29 is 23.8 Å². The minimum atomic E-state index is -0.637. The molecule has 0 aromatic heterocycles. The topological polar surface area (TPSA) is 73.9 Å². The molecule has 3 aromatic rings. The predicted molar refractivity (Wildman–Crippen MR) is 113 cm³/mol. The molecular weight excluding hydrogens is 382 g/mol. The van der Waals surface area contributed by atoms with Crippen molar-refractivity contribution in [1.29, 1.82) is 0 Å². The first-order valence-electron chi connectivity index (χ1n) is 9.50. The van der Waals surface area contributed by atoms with Gasteiger partial charge < -0.3 is 19.5 Å². The first-order chi connectivity index (χ1) is 14.6. The summed E-state index contributed by atoms with van der Waals surface area (Å²) < 4.78 is 16.3. The van der Waals surface area contributed by atoms with Crippen molar-refractivity contribution in [3.05, 3.63) is 90.0 Å². The second-order valence-electron chi connectivity index (χ2n) is 6.52. The van der Waals surface area contributed by atoms with Crippen LogP contribution >= 0.6 is 0 Å². The molecule has 0 bridgehead atoms. The molecule has 0 fully saturated rings. The molecule has 0 heterocycles. The third-order valence-electron chi connectivity index (χ3n) is 4.40. The number of esters is 1. The maximum Gasteiger partial charge on any atom is 0.342 e. The van der Waals surface area contributed by atoms with Gasteiger partial charge >= 0.3 is 5.97 Å². The van der Waals surface area contributed by atoms with Crippen molar-refractivity contribution in [1.82, 2.24) is 5.32 Å². The van der Waals surface area contributed by atoms with Crippen LogP contribution in [0.5, 0.6) is 17.2 Å². The molecule has 0 saturated carbocycles. The summed E-state index contributed by atoms with van der Waals surface area (Å²) in [6.45, 7) is 1.43. The number of para-hydroxylation sites is 3. The summed E-state index contributed by atoms with van der Waals surface area (Å²) in [5.41, 5.74) is 1.08. The average molecular weight is 405 g/mol. The highest BCUT2D eigenvalue weighted by atomic mass is 16.5. The van der Waals surface area contributed by atoms with Crippen LogP contribution in [-0.2, 0) is 9.53 Å². The monoisotopic (exact) mass is 405 g/mol. The van der Waals surface area contributed by atoms with E-state index in [1.807, 2.05) is 49.4 Å². The molecule has 0 aliphatic carbocycles. The van der Waals surface area contributed by atoms with Crippen LogP contribution in [0, 0.1) is 0 Å². The first-order valence-corrected chi connectivity index (χ1v) is 9.50. The highest BCUT2D eigenvalue weighted by Crippen LogP contribution is 2.26. The van der Waals surface area contributed by atoms with Gasteiger partial charge in [0, 0.05) is 5.56 Å². The van der Waals surface area contributed by atoms with E-state index in [1.165, 1.54) is 0 Å². The average Bonchev–Trinajstić information content (AvgIpc) is 2.78. The van der Waals surface area contributed by atoms with Crippen LogP contribution in [0.4, 0.5) is 0 Å². The van der Waals surface area contributed by atoms with E-state index < -0.39 is 18.5 Å². The molecule has 0 spiro atoms. The fourth-order valence-corrected chi connectivity index (χ4v) is 2.93. The number of hydrogen-bond acceptors (Lipinski definition) is 5. The molecule has 1 atom stereocenters. The fourth-order valence-electron chi connectivity index (χ4n) is 2.93. The lowest BCUT2D eigenvalue weighted by molar-refractivity contribution is -0.124. The van der Waals surface area contributed by atoms with Crippen LogP contribution in [0.2, 0.25) is 0 Å². The lowest BCUT2D eigenvalue weighted by Gasteiger charge is -2.17. The van der Waals surface area contributed by atoms with Crippen molar-refractivity contribution in [2.24, 2.45) is 0 Å². The van der Waals surface area contributed by atoms with E-state index in [9.17, 15) is 9.59 Å². The Labute approximate surface area is 175 Å². The summed E-state index contributed by atoms with van der Waals surface area (Å²) in [4.78, 5) is 24.8. The maximum atomic E-state index is 12.5. The van der Waals surface area contributed by atoms with Gasteiger partial charge in [-0.2, -0.15) is 0 Å². The van der Waals surface area contributed by atoms with Crippen LogP contribution in [0.25, 0.3) is 0 Å². The van der Waals surface area contributed by atoms with Gasteiger partial charge in [-0.05, 0) is 37.3 Å². The van der Waals surface area contributed by atoms with Crippen molar-refractivity contribution in [2.45, 2.75) is 13.0 Å². The standard InChI is InChI=1S/C24H23NO5/c1-17(19-12-6-8-14-21(19)28-2)25-23(26)16-29-24(27)20-13-7-9-15-22(20)30-18-10-4-3-5-11-18/h3-15,17H,16H2,1-2H3,(H,25,26). The Hall–Kier alpha value is -3.80. The summed E-state index contributed by atoms with van der Waals surface area (Å²) in [6, 6.07) is 23.0. The number of rotatable bonds is 8. The zero-order valence-electron chi connectivity index (χ0n) is 16.8. The Morgan fingerprint density at radius 2 is 1.50 bits per heavy atom. The van der Waals surface area contributed by atoms with Gasteiger partial charge in [-0.3, -0.25) is 4.79 Å². The van der Waals surface area contributed by atoms with Gasteiger partial charge in [-0.15, -0.1) is 0 Å². The van der Waals surface area contributed by atoms with E-state index in [-0.39, 0.29) is 11.6 Å². The highest BCUT2D eigenvalue weighted by molar-refractivity contribution is 5.94. The van der Waals surface area contributed by atoms with Gasteiger partial charge in [-0.1, -0.05) is 48.5 Å². The number of methoxy groups -OCH3 is 1. The molecule has 1 amide bonds. The number of hydrogen-bond donors (Lipinski definition) is 1. The number of amides is 1. The number of carbonyl (C=O) groups excluding carboxylic acids is 2. The Kier molecular flexibility index (Phi) is 7.05. The minimum Gasteiger partial charge on any atom is -0.496 e. The molecule has 3 aromatic carbocycles. The molecule has 6 nitrogen and oxygen atoms in total. The molecule has 0 saturated heterocycles. The summed E-state index contributed by atoms with van der Waals surface area (Å²) in [5, 5.41) is 2.80. The zero-order chi connectivity index (χ0) is 21.3. The number of nitrogens with one attached hydrogen (secondary N) is 1. The fraction of sp³-hybridized carbons (Fsp3) is 0.167. The molecule has 154 valence electrons. The van der Waals surface area contributed by atoms with Crippen LogP contribution < -0.4 is 14.8 Å². The second-order valence-corrected chi connectivity index (χ2v) is 6.52. The van der Waals surface area contributed by atoms with Crippen LogP contribution in [0.1, 0.15) is 28.9 Å². The summed E-state index contributed by atoms with van der Waals surface area (Å²) in [7, 11) is 1.57. The first kappa shape index (κ1) is 20.9. The van der Waals surface area contributed by atoms with E-state index in [2.05, 4.69) is 5.32 Å². The smallest absolute Gasteiger partial charge is 0.342 e. The van der Waals surface area contributed by atoms with Crippen LogP contribution in [-0.4, -0.2) is 25.6 Å². The van der Waals surface area contributed by atoms with Crippen molar-refractivity contribution in [3.8, 4) is 17.2 Å². The van der Waals surface area contributed by atoms with E-state index >= 15 is 0 Å². The molecule has 3 rings (SSSR count). The Morgan fingerprint density at radius 1 is 0.867 bits per heavy atom. The summed E-state index contributed by atoms with van der Waals surface area (Å²) >= 11 is 0. The molecule has 0 aliphatic heterocycles. The lowest BCUT2D eigenvalue weighted by Crippen LogP contribution is -2.31. The van der Waals surface area contributed by atoms with E-state index in [0.29, 0.717) is 17.2 Å². The summed E-state index contributed by atoms with van der Waals surface area (Å²) in [5.74, 6) is 0.580. The van der Waals surface area contributed by atoms with Crippen molar-refractivity contribution in [3.63, 3.8) is 0 Å². The van der Waals surface area contributed by atoms with E-state index in [4.69, 9.17) is 14.2 Å². The molecule has 0 radical (unpaired) electrons. The van der Waals surface area contributed by atoms with Gasteiger partial charge in [0.15, 0.2) is 6.61 Å². The largest absolute Gasteiger partial charge is 0.496 e. The Bertz CT molecular complexity index is 1000. The van der Waals surface area contributed by atoms with E-state index in [0.717, 1.165) is 5.56 Å². The second kappa shape index (κ2) is 10.1. The van der Waals surface area contributed by atoms with Gasteiger partial charge in [0.2, 0.25) is 0 Å². The number of ether oxygens (including phenoxy) is 3. The quantitative estimate of drug-likeness (QED) is 0.558. The number of carbonyl (C=O) groups is 2. The molecule has 30 heavy (non-hydrogen) atoms. The van der Waals surface area contributed by atoms with Crippen LogP contribution in [0.15, 0.2) is 78.9 Å². The number of benzene rings is 3. The van der Waals surface area contributed by atoms with Crippen LogP contribution in [0.3, 0.4) is 0 Å². The van der Waals surface area contributed by atoms with Crippen molar-refractivity contribution in [2.75, 3.05) is 13.7 Å². The van der Waals surface area contributed by atoms with Gasteiger partial charge in [0.25, 0.3) is 5.91 Å². The Balaban J connectivity index is 1.60. The summed E-state index contributed by atoms with van der Waals surface area (Å²) in [6.07, 6.45) is 0. The molecular formula is C24H23NO5. The van der Waals surface area contributed by atoms with Gasteiger partial charge in [-0.25, -0.2) is 4.79 Å². The van der Waals surface area contributed by atoms with Gasteiger partial charge in [0.1, 0.15) is 22.8 Å².